The second kappa shape index (κ2) is 4.11. The molecule has 0 aliphatic heterocycles. The highest BCUT2D eigenvalue weighted by molar-refractivity contribution is 5.99. The lowest BCUT2D eigenvalue weighted by molar-refractivity contribution is 1.30. The second-order valence-corrected chi connectivity index (χ2v) is 4.29. The van der Waals surface area contributed by atoms with Gasteiger partial charge < -0.3 is 5.73 Å². The maximum Gasteiger partial charge on any atom is 0.131 e. The summed E-state index contributed by atoms with van der Waals surface area (Å²) >= 11 is 0. The highest BCUT2D eigenvalue weighted by atomic mass is 14.8. The molecule has 0 fully saturated rings. The van der Waals surface area contributed by atoms with Crippen molar-refractivity contribution in [1.82, 2.24) is 9.97 Å². The van der Waals surface area contributed by atoms with Crippen molar-refractivity contribution in [3.05, 3.63) is 54.5 Å². The lowest BCUT2D eigenvalue weighted by atomic mass is 9.97. The summed E-state index contributed by atoms with van der Waals surface area (Å²) in [7, 11) is 0. The van der Waals surface area contributed by atoms with E-state index < -0.39 is 0 Å². The first-order chi connectivity index (χ1) is 8.77. The van der Waals surface area contributed by atoms with Gasteiger partial charge in [-0.15, -0.1) is 0 Å². The molecule has 3 rings (SSSR count). The van der Waals surface area contributed by atoms with Crippen LogP contribution in [0.1, 0.15) is 5.56 Å². The molecule has 0 saturated heterocycles. The van der Waals surface area contributed by atoms with Crippen LogP contribution in [0.15, 0.2) is 48.9 Å². The molecule has 0 bridgehead atoms. The van der Waals surface area contributed by atoms with E-state index in [4.69, 9.17) is 5.73 Å². The van der Waals surface area contributed by atoms with Crippen molar-refractivity contribution in [1.29, 1.82) is 0 Å². The van der Waals surface area contributed by atoms with Crippen LogP contribution in [0.2, 0.25) is 0 Å². The van der Waals surface area contributed by atoms with Crippen LogP contribution >= 0.6 is 0 Å². The summed E-state index contributed by atoms with van der Waals surface area (Å²) in [5, 5.41) is 2.26. The molecule has 3 aromatic rings. The zero-order valence-electron chi connectivity index (χ0n) is 10.1. The molecule has 1 aromatic carbocycles. The lowest BCUT2D eigenvalue weighted by Gasteiger charge is -2.11. The second-order valence-electron chi connectivity index (χ2n) is 4.29. The molecular weight excluding hydrogens is 222 g/mol. The largest absolute Gasteiger partial charge is 0.383 e. The first-order valence-electron chi connectivity index (χ1n) is 5.81. The number of hydrogen-bond acceptors (Lipinski definition) is 3. The normalized spacial score (nSPS) is 10.7. The van der Waals surface area contributed by atoms with E-state index in [1.54, 1.807) is 12.4 Å². The van der Waals surface area contributed by atoms with E-state index in [1.165, 1.54) is 0 Å². The van der Waals surface area contributed by atoms with Gasteiger partial charge in [-0.25, -0.2) is 4.98 Å². The van der Waals surface area contributed by atoms with Gasteiger partial charge in [-0.05, 0) is 35.6 Å². The Balaban J connectivity index is 2.39. The summed E-state index contributed by atoms with van der Waals surface area (Å²) in [6.45, 7) is 2.05. The van der Waals surface area contributed by atoms with Gasteiger partial charge in [-0.3, -0.25) is 4.98 Å². The summed E-state index contributed by atoms with van der Waals surface area (Å²) in [5.74, 6) is 0.569. The van der Waals surface area contributed by atoms with Crippen molar-refractivity contribution in [2.24, 2.45) is 0 Å². The number of nitrogens with zero attached hydrogens (tertiary/aromatic N) is 2. The highest BCUT2D eigenvalue weighted by Crippen LogP contribution is 2.33. The minimum Gasteiger partial charge on any atom is -0.383 e. The summed E-state index contributed by atoms with van der Waals surface area (Å²) in [4.78, 5) is 8.33. The number of fused-ring (bicyclic) bond motifs is 1. The minimum atomic E-state index is 0.569. The Kier molecular flexibility index (Phi) is 2.45. The van der Waals surface area contributed by atoms with E-state index in [0.717, 1.165) is 27.5 Å². The number of nitrogens with two attached hydrogens (primary N) is 1. The number of aromatic nitrogens is 2. The zero-order chi connectivity index (χ0) is 12.5. The monoisotopic (exact) mass is 235 g/mol. The topological polar surface area (TPSA) is 51.8 Å². The Morgan fingerprint density at radius 1 is 1.06 bits per heavy atom. The van der Waals surface area contributed by atoms with E-state index in [9.17, 15) is 0 Å². The van der Waals surface area contributed by atoms with Gasteiger partial charge in [-0.1, -0.05) is 18.2 Å². The molecule has 0 aliphatic rings. The van der Waals surface area contributed by atoms with Gasteiger partial charge in [-0.2, -0.15) is 0 Å². The molecule has 18 heavy (non-hydrogen) atoms. The van der Waals surface area contributed by atoms with Crippen LogP contribution in [0.3, 0.4) is 0 Å². The van der Waals surface area contributed by atoms with Crippen molar-refractivity contribution in [3.63, 3.8) is 0 Å². The fraction of sp³-hybridized carbons (Fsp3) is 0.0667. The molecule has 0 aliphatic carbocycles. The number of aryl methyl sites for hydroxylation is 1. The Morgan fingerprint density at radius 3 is 2.78 bits per heavy atom. The molecule has 2 N–H and O–H groups in total. The average Bonchev–Trinajstić information content (AvgIpc) is 2.39. The van der Waals surface area contributed by atoms with Crippen LogP contribution in [0.25, 0.3) is 21.9 Å². The van der Waals surface area contributed by atoms with E-state index in [1.807, 2.05) is 37.4 Å². The number of benzene rings is 1. The van der Waals surface area contributed by atoms with Crippen molar-refractivity contribution in [2.75, 3.05) is 5.73 Å². The van der Waals surface area contributed by atoms with Crippen LogP contribution in [-0.4, -0.2) is 9.97 Å². The zero-order valence-corrected chi connectivity index (χ0v) is 10.1. The number of nitrogen functional groups attached to an aromatic ring is 1. The average molecular weight is 235 g/mol. The maximum absolute atomic E-state index is 6.02. The minimum absolute atomic E-state index is 0.569. The Labute approximate surface area is 105 Å². The highest BCUT2D eigenvalue weighted by Gasteiger charge is 2.10. The van der Waals surface area contributed by atoms with E-state index in [2.05, 4.69) is 16.0 Å². The third-order valence-corrected chi connectivity index (χ3v) is 3.14. The summed E-state index contributed by atoms with van der Waals surface area (Å²) in [6.07, 6.45) is 5.40. The lowest BCUT2D eigenvalue weighted by Crippen LogP contribution is -1.96. The van der Waals surface area contributed by atoms with Crippen LogP contribution in [0, 0.1) is 6.92 Å². The van der Waals surface area contributed by atoms with E-state index >= 15 is 0 Å². The molecule has 0 atom stereocenters. The van der Waals surface area contributed by atoms with Crippen molar-refractivity contribution in [3.8, 4) is 11.1 Å². The van der Waals surface area contributed by atoms with Gasteiger partial charge in [0, 0.05) is 29.5 Å². The van der Waals surface area contributed by atoms with E-state index in [0.29, 0.717) is 5.82 Å². The molecule has 2 heterocycles. The van der Waals surface area contributed by atoms with Gasteiger partial charge in [0.05, 0.1) is 0 Å². The van der Waals surface area contributed by atoms with Crippen molar-refractivity contribution >= 4 is 16.6 Å². The summed E-state index contributed by atoms with van der Waals surface area (Å²) in [5.41, 5.74) is 9.27. The number of anilines is 1. The van der Waals surface area contributed by atoms with Gasteiger partial charge in [0.15, 0.2) is 0 Å². The van der Waals surface area contributed by atoms with Gasteiger partial charge in [0.1, 0.15) is 5.82 Å². The maximum atomic E-state index is 6.02. The third-order valence-electron chi connectivity index (χ3n) is 3.14. The summed E-state index contributed by atoms with van der Waals surface area (Å²) in [6, 6.07) is 10.1. The Morgan fingerprint density at radius 2 is 1.94 bits per heavy atom. The first-order valence-corrected chi connectivity index (χ1v) is 5.81. The molecule has 3 heteroatoms. The standard InChI is InChI=1S/C15H13N3/c1-10-5-8-18-15(16)14(10)13-4-2-3-11-9-17-7-6-12(11)13/h2-9H,1H3,(H2,16,18). The van der Waals surface area contributed by atoms with Gasteiger partial charge >= 0.3 is 0 Å². The van der Waals surface area contributed by atoms with E-state index in [-0.39, 0.29) is 0 Å². The number of hydrogen-bond donors (Lipinski definition) is 1. The fourth-order valence-corrected chi connectivity index (χ4v) is 2.27. The predicted octanol–water partition coefficient (Wildman–Crippen LogP) is 3.19. The number of rotatable bonds is 1. The third kappa shape index (κ3) is 1.61. The van der Waals surface area contributed by atoms with Gasteiger partial charge in [0.25, 0.3) is 0 Å². The number of pyridine rings is 2. The van der Waals surface area contributed by atoms with Crippen LogP contribution < -0.4 is 5.73 Å². The van der Waals surface area contributed by atoms with Crippen molar-refractivity contribution < 1.29 is 0 Å². The quantitative estimate of drug-likeness (QED) is 0.704. The van der Waals surface area contributed by atoms with Gasteiger partial charge in [0.2, 0.25) is 0 Å². The molecule has 0 spiro atoms. The Bertz CT molecular complexity index is 694. The molecule has 0 saturated carbocycles. The first kappa shape index (κ1) is 10.7. The fourth-order valence-electron chi connectivity index (χ4n) is 2.27. The smallest absolute Gasteiger partial charge is 0.131 e. The SMILES string of the molecule is Cc1ccnc(N)c1-c1cccc2cnccc12. The van der Waals surface area contributed by atoms with Crippen LogP contribution in [0.4, 0.5) is 5.82 Å². The van der Waals surface area contributed by atoms with Crippen molar-refractivity contribution in [2.45, 2.75) is 6.92 Å². The molecule has 2 aromatic heterocycles. The molecule has 3 nitrogen and oxygen atoms in total. The molecule has 0 radical (unpaired) electrons. The molecule has 0 amide bonds. The molecule has 88 valence electrons. The predicted molar refractivity (Wildman–Crippen MR) is 74.1 cm³/mol. The molecule has 0 unspecified atom stereocenters. The van der Waals surface area contributed by atoms with Crippen LogP contribution in [-0.2, 0) is 0 Å². The van der Waals surface area contributed by atoms with Crippen LogP contribution in [0.5, 0.6) is 0 Å². The molecular formula is C15H13N3. The Hall–Kier alpha value is -2.42. The summed E-state index contributed by atoms with van der Waals surface area (Å²) < 4.78 is 0.